The van der Waals surface area contributed by atoms with E-state index >= 15 is 0 Å². The number of halogens is 1. The Balaban J connectivity index is 0.00000121. The molecule has 0 aliphatic heterocycles. The Morgan fingerprint density at radius 1 is 1.33 bits per heavy atom. The van der Waals surface area contributed by atoms with Crippen molar-refractivity contribution in [2.45, 2.75) is 37.0 Å². The van der Waals surface area contributed by atoms with Gasteiger partial charge in [-0.3, -0.25) is 0 Å². The number of sulfone groups is 1. The average molecular weight is 214 g/mol. The Morgan fingerprint density at radius 3 is 2.25 bits per heavy atom. The molecule has 0 amide bonds. The first-order valence-electron chi connectivity index (χ1n) is 3.94. The van der Waals surface area contributed by atoms with Crippen molar-refractivity contribution >= 4 is 22.2 Å². The summed E-state index contributed by atoms with van der Waals surface area (Å²) in [6, 6.07) is 0.100. The first kappa shape index (κ1) is 12.2. The molecule has 0 heterocycles. The zero-order chi connectivity index (χ0) is 8.48. The normalized spacial score (nSPS) is 30.8. The molecule has 0 aromatic heterocycles. The van der Waals surface area contributed by atoms with Gasteiger partial charge in [-0.1, -0.05) is 6.42 Å². The maximum absolute atomic E-state index is 11.1. The second-order valence-electron chi connectivity index (χ2n) is 3.38. The second-order valence-corrected chi connectivity index (χ2v) is 5.70. The molecule has 3 nitrogen and oxygen atoms in total. The van der Waals surface area contributed by atoms with Crippen LogP contribution in [0, 0.1) is 0 Å². The van der Waals surface area contributed by atoms with Gasteiger partial charge in [0.1, 0.15) is 9.84 Å². The number of rotatable bonds is 1. The van der Waals surface area contributed by atoms with E-state index in [1.807, 2.05) is 0 Å². The largest absolute Gasteiger partial charge is 0.328 e. The summed E-state index contributed by atoms with van der Waals surface area (Å²) in [6.07, 6.45) is 4.69. The molecule has 1 fully saturated rings. The van der Waals surface area contributed by atoms with Gasteiger partial charge in [-0.25, -0.2) is 8.42 Å². The molecule has 1 aliphatic rings. The fourth-order valence-corrected chi connectivity index (χ4v) is 2.76. The molecular weight excluding hydrogens is 198 g/mol. The maximum atomic E-state index is 11.1. The molecule has 2 unspecified atom stereocenters. The van der Waals surface area contributed by atoms with Crippen molar-refractivity contribution in [3.8, 4) is 0 Å². The van der Waals surface area contributed by atoms with Gasteiger partial charge in [0, 0.05) is 12.3 Å². The summed E-state index contributed by atoms with van der Waals surface area (Å²) in [4.78, 5) is 0. The molecule has 2 atom stereocenters. The maximum Gasteiger partial charge on any atom is 0.150 e. The van der Waals surface area contributed by atoms with Gasteiger partial charge in [0.2, 0.25) is 0 Å². The second kappa shape index (κ2) is 4.44. The van der Waals surface area contributed by atoms with Crippen LogP contribution in [0.3, 0.4) is 0 Å². The number of nitrogens with two attached hydrogens (primary N) is 1. The lowest BCUT2D eigenvalue weighted by molar-refractivity contribution is 0.434. The fraction of sp³-hybridized carbons (Fsp3) is 1.00. The van der Waals surface area contributed by atoms with Crippen LogP contribution in [0.4, 0.5) is 0 Å². The Morgan fingerprint density at radius 2 is 1.92 bits per heavy atom. The molecule has 0 spiro atoms. The monoisotopic (exact) mass is 213 g/mol. The van der Waals surface area contributed by atoms with Crippen LogP contribution in [0.5, 0.6) is 0 Å². The van der Waals surface area contributed by atoms with Crippen molar-refractivity contribution in [2.24, 2.45) is 5.73 Å². The minimum absolute atomic E-state index is 0. The van der Waals surface area contributed by atoms with Crippen molar-refractivity contribution in [1.82, 2.24) is 0 Å². The van der Waals surface area contributed by atoms with Gasteiger partial charge in [0.25, 0.3) is 0 Å². The zero-order valence-electron chi connectivity index (χ0n) is 7.19. The summed E-state index contributed by atoms with van der Waals surface area (Å²) in [5, 5.41) is -0.175. The van der Waals surface area contributed by atoms with Crippen molar-refractivity contribution in [3.63, 3.8) is 0 Å². The smallest absolute Gasteiger partial charge is 0.150 e. The first-order chi connectivity index (χ1) is 5.00. The minimum atomic E-state index is -2.84. The van der Waals surface area contributed by atoms with Crippen LogP contribution < -0.4 is 5.73 Å². The quantitative estimate of drug-likeness (QED) is 0.699. The van der Waals surface area contributed by atoms with Gasteiger partial charge in [-0.05, 0) is 19.3 Å². The summed E-state index contributed by atoms with van der Waals surface area (Å²) >= 11 is 0. The van der Waals surface area contributed by atoms with Crippen LogP contribution in [0.1, 0.15) is 25.7 Å². The van der Waals surface area contributed by atoms with Gasteiger partial charge < -0.3 is 5.73 Å². The molecule has 0 radical (unpaired) electrons. The lowest BCUT2D eigenvalue weighted by Gasteiger charge is -2.24. The van der Waals surface area contributed by atoms with Crippen LogP contribution in [-0.2, 0) is 9.84 Å². The Labute approximate surface area is 80.0 Å². The highest BCUT2D eigenvalue weighted by Gasteiger charge is 2.26. The van der Waals surface area contributed by atoms with E-state index in [1.54, 1.807) is 0 Å². The zero-order valence-corrected chi connectivity index (χ0v) is 8.83. The third-order valence-corrected chi connectivity index (χ3v) is 3.91. The van der Waals surface area contributed by atoms with E-state index in [9.17, 15) is 8.42 Å². The van der Waals surface area contributed by atoms with E-state index in [4.69, 9.17) is 5.73 Å². The Kier molecular flexibility index (Phi) is 4.51. The van der Waals surface area contributed by atoms with Crippen LogP contribution in [0.25, 0.3) is 0 Å². The molecule has 0 aromatic carbocycles. The predicted octanol–water partition coefficient (Wildman–Crippen LogP) is 0.723. The summed E-state index contributed by atoms with van der Waals surface area (Å²) in [5.41, 5.74) is 5.66. The lowest BCUT2D eigenvalue weighted by Crippen LogP contribution is -2.34. The van der Waals surface area contributed by atoms with Crippen molar-refractivity contribution in [3.05, 3.63) is 0 Å². The molecule has 5 heteroatoms. The summed E-state index contributed by atoms with van der Waals surface area (Å²) in [6.45, 7) is 0. The molecule has 74 valence electrons. The Hall–Kier alpha value is 0.200. The van der Waals surface area contributed by atoms with E-state index in [0.717, 1.165) is 19.3 Å². The molecule has 1 saturated carbocycles. The van der Waals surface area contributed by atoms with Gasteiger partial charge in [-0.2, -0.15) is 0 Å². The topological polar surface area (TPSA) is 60.2 Å². The standard InChI is InChI=1S/C7H15NO2S.ClH/c1-11(9,10)7-4-2-3-6(8)5-7;/h6-7H,2-5,8H2,1H3;1H. The van der Waals surface area contributed by atoms with Crippen LogP contribution in [0.15, 0.2) is 0 Å². The summed E-state index contributed by atoms with van der Waals surface area (Å²) in [5.74, 6) is 0. The lowest BCUT2D eigenvalue weighted by atomic mass is 9.96. The molecular formula is C7H16ClNO2S. The predicted molar refractivity (Wildman–Crippen MR) is 52.3 cm³/mol. The molecule has 1 aliphatic carbocycles. The summed E-state index contributed by atoms with van der Waals surface area (Å²) in [7, 11) is -2.84. The van der Waals surface area contributed by atoms with Crippen LogP contribution in [0.2, 0.25) is 0 Å². The van der Waals surface area contributed by atoms with Gasteiger partial charge >= 0.3 is 0 Å². The van der Waals surface area contributed by atoms with Crippen molar-refractivity contribution in [2.75, 3.05) is 6.26 Å². The highest BCUT2D eigenvalue weighted by Crippen LogP contribution is 2.22. The highest BCUT2D eigenvalue weighted by atomic mass is 35.5. The molecule has 2 N–H and O–H groups in total. The van der Waals surface area contributed by atoms with Gasteiger partial charge in [0.05, 0.1) is 5.25 Å². The Bertz CT molecular complexity index is 228. The SMILES string of the molecule is CS(=O)(=O)C1CCCC(N)C1.Cl. The highest BCUT2D eigenvalue weighted by molar-refractivity contribution is 7.91. The van der Waals surface area contributed by atoms with E-state index in [0.29, 0.717) is 6.42 Å². The molecule has 0 saturated heterocycles. The van der Waals surface area contributed by atoms with Crippen molar-refractivity contribution in [1.29, 1.82) is 0 Å². The van der Waals surface area contributed by atoms with E-state index in [-0.39, 0.29) is 23.7 Å². The fourth-order valence-electron chi connectivity index (χ4n) is 1.57. The molecule has 0 aromatic rings. The van der Waals surface area contributed by atoms with Crippen LogP contribution in [-0.4, -0.2) is 26.0 Å². The molecule has 1 rings (SSSR count). The average Bonchev–Trinajstić information content (AvgIpc) is 1.86. The third-order valence-electron chi connectivity index (χ3n) is 2.27. The third kappa shape index (κ3) is 3.29. The molecule has 0 bridgehead atoms. The van der Waals surface area contributed by atoms with E-state index in [1.165, 1.54) is 6.26 Å². The van der Waals surface area contributed by atoms with Crippen LogP contribution >= 0.6 is 12.4 Å². The van der Waals surface area contributed by atoms with E-state index in [2.05, 4.69) is 0 Å². The minimum Gasteiger partial charge on any atom is -0.328 e. The molecule has 12 heavy (non-hydrogen) atoms. The summed E-state index contributed by atoms with van der Waals surface area (Å²) < 4.78 is 22.2. The van der Waals surface area contributed by atoms with E-state index < -0.39 is 9.84 Å². The van der Waals surface area contributed by atoms with Gasteiger partial charge in [-0.15, -0.1) is 12.4 Å². The first-order valence-corrected chi connectivity index (χ1v) is 5.90. The number of hydrogen-bond donors (Lipinski definition) is 1. The van der Waals surface area contributed by atoms with Gasteiger partial charge in [0.15, 0.2) is 0 Å². The number of hydrogen-bond acceptors (Lipinski definition) is 3. The van der Waals surface area contributed by atoms with Crippen molar-refractivity contribution < 1.29 is 8.42 Å².